The van der Waals surface area contributed by atoms with Gasteiger partial charge in [0.25, 0.3) is 0 Å². The van der Waals surface area contributed by atoms with Crippen molar-refractivity contribution < 1.29 is 23.0 Å². The monoisotopic (exact) mass is 392 g/mol. The van der Waals surface area contributed by atoms with Crippen LogP contribution in [0.15, 0.2) is 36.4 Å². The van der Waals surface area contributed by atoms with Crippen molar-refractivity contribution in [3.63, 3.8) is 0 Å². The Morgan fingerprint density at radius 2 is 1.86 bits per heavy atom. The lowest BCUT2D eigenvalue weighted by Crippen LogP contribution is -2.39. The maximum Gasteiger partial charge on any atom is 0.387 e. The molecule has 5 nitrogen and oxygen atoms in total. The average molecular weight is 392 g/mol. The van der Waals surface area contributed by atoms with E-state index in [-0.39, 0.29) is 17.4 Å². The first-order valence-electron chi connectivity index (χ1n) is 8.91. The molecule has 0 bridgehead atoms. The zero-order valence-corrected chi connectivity index (χ0v) is 16.8. The fourth-order valence-electron chi connectivity index (χ4n) is 2.74. The van der Waals surface area contributed by atoms with E-state index in [0.29, 0.717) is 6.54 Å². The topological polar surface area (TPSA) is 50.8 Å². The normalized spacial score (nSPS) is 12.2. The smallest absolute Gasteiger partial charge is 0.387 e. The first-order valence-corrected chi connectivity index (χ1v) is 8.91. The van der Waals surface area contributed by atoms with Crippen LogP contribution in [0.4, 0.5) is 14.5 Å². The summed E-state index contributed by atoms with van der Waals surface area (Å²) in [6, 6.07) is 10.2. The van der Waals surface area contributed by atoms with Crippen LogP contribution in [0.3, 0.4) is 0 Å². The van der Waals surface area contributed by atoms with Crippen molar-refractivity contribution in [3.8, 4) is 11.5 Å². The Balaban J connectivity index is 2.05. The summed E-state index contributed by atoms with van der Waals surface area (Å²) in [5, 5.41) is 2.96. The summed E-state index contributed by atoms with van der Waals surface area (Å²) >= 11 is 0. The highest BCUT2D eigenvalue weighted by atomic mass is 19.3. The van der Waals surface area contributed by atoms with Gasteiger partial charge in [-0.05, 0) is 62.7 Å². The molecule has 0 saturated heterocycles. The second-order valence-corrected chi connectivity index (χ2v) is 6.76. The van der Waals surface area contributed by atoms with Gasteiger partial charge in [0.1, 0.15) is 0 Å². The summed E-state index contributed by atoms with van der Waals surface area (Å²) in [6.45, 7) is 3.24. The second-order valence-electron chi connectivity index (χ2n) is 6.76. The molecule has 0 fully saturated rings. The molecule has 2 aromatic carbocycles. The fraction of sp³-hybridized carbons (Fsp3) is 0.381. The number of carbonyl (C=O) groups is 1. The fourth-order valence-corrected chi connectivity index (χ4v) is 2.74. The highest BCUT2D eigenvalue weighted by Gasteiger charge is 2.20. The predicted molar refractivity (Wildman–Crippen MR) is 105 cm³/mol. The summed E-state index contributed by atoms with van der Waals surface area (Å²) < 4.78 is 34.4. The summed E-state index contributed by atoms with van der Waals surface area (Å²) in [6.07, 6.45) is 0. The van der Waals surface area contributed by atoms with Gasteiger partial charge in [0, 0.05) is 12.2 Å². The van der Waals surface area contributed by atoms with Gasteiger partial charge in [-0.1, -0.05) is 18.2 Å². The van der Waals surface area contributed by atoms with Gasteiger partial charge in [-0.2, -0.15) is 8.78 Å². The number of alkyl halides is 2. The van der Waals surface area contributed by atoms with Crippen molar-refractivity contribution in [3.05, 3.63) is 53.1 Å². The van der Waals surface area contributed by atoms with E-state index in [4.69, 9.17) is 4.74 Å². The Hall–Kier alpha value is -2.67. The number of nitrogens with zero attached hydrogens (tertiary/aromatic N) is 1. The number of hydrogen-bond acceptors (Lipinski definition) is 4. The number of hydrogen-bond donors (Lipinski definition) is 1. The molecule has 2 aromatic rings. The number of nitrogens with one attached hydrogen (secondary N) is 1. The van der Waals surface area contributed by atoms with Crippen LogP contribution in [0, 0.1) is 13.8 Å². The van der Waals surface area contributed by atoms with E-state index in [1.54, 1.807) is 12.1 Å². The molecule has 28 heavy (non-hydrogen) atoms. The molecular formula is C21H26F2N2O3. The largest absolute Gasteiger partial charge is 0.493 e. The molecule has 1 unspecified atom stereocenters. The third kappa shape index (κ3) is 5.66. The van der Waals surface area contributed by atoms with Gasteiger partial charge in [0.2, 0.25) is 5.91 Å². The lowest BCUT2D eigenvalue weighted by atomic mass is 10.1. The molecule has 0 aliphatic heterocycles. The maximum absolute atomic E-state index is 12.6. The van der Waals surface area contributed by atoms with Gasteiger partial charge in [0.15, 0.2) is 11.5 Å². The van der Waals surface area contributed by atoms with Crippen LogP contribution in [-0.2, 0) is 11.3 Å². The van der Waals surface area contributed by atoms with Gasteiger partial charge in [-0.15, -0.1) is 0 Å². The molecule has 2 rings (SSSR count). The predicted octanol–water partition coefficient (Wildman–Crippen LogP) is 4.37. The summed E-state index contributed by atoms with van der Waals surface area (Å²) in [7, 11) is 3.21. The van der Waals surface area contributed by atoms with E-state index in [2.05, 4.69) is 10.1 Å². The number of carbonyl (C=O) groups excluding carboxylic acids is 1. The van der Waals surface area contributed by atoms with Gasteiger partial charge < -0.3 is 14.8 Å². The van der Waals surface area contributed by atoms with E-state index in [1.165, 1.54) is 13.2 Å². The summed E-state index contributed by atoms with van der Waals surface area (Å²) in [4.78, 5) is 14.5. The van der Waals surface area contributed by atoms with E-state index in [0.717, 1.165) is 22.4 Å². The van der Waals surface area contributed by atoms with Crippen LogP contribution in [0.1, 0.15) is 23.6 Å². The molecule has 0 heterocycles. The van der Waals surface area contributed by atoms with E-state index < -0.39 is 12.7 Å². The highest BCUT2D eigenvalue weighted by molar-refractivity contribution is 5.95. The van der Waals surface area contributed by atoms with Gasteiger partial charge in [-0.25, -0.2) is 0 Å². The number of benzene rings is 2. The van der Waals surface area contributed by atoms with Gasteiger partial charge in [-0.3, -0.25) is 9.69 Å². The van der Waals surface area contributed by atoms with Crippen molar-refractivity contribution in [2.24, 2.45) is 0 Å². The van der Waals surface area contributed by atoms with Crippen molar-refractivity contribution in [1.29, 1.82) is 0 Å². The molecule has 0 spiro atoms. The molecule has 7 heteroatoms. The molecule has 0 aliphatic carbocycles. The van der Waals surface area contributed by atoms with Gasteiger partial charge in [0.05, 0.1) is 13.2 Å². The first-order chi connectivity index (χ1) is 13.2. The number of likely N-dealkylation sites (N-methyl/N-ethyl adjacent to an activating group) is 1. The molecule has 0 saturated carbocycles. The standard InChI is InChI=1S/C21H26F2N2O3/c1-13-6-7-14(2)17(10-13)24-20(26)15(3)25(4)12-16-8-9-18(28-21(22)23)19(11-16)27-5/h6-11,15,21H,12H2,1-5H3,(H,24,26). The Bertz CT molecular complexity index is 827. The second kappa shape index (κ2) is 9.50. The Labute approximate surface area is 164 Å². The van der Waals surface area contributed by atoms with Crippen LogP contribution < -0.4 is 14.8 Å². The molecule has 0 aromatic heterocycles. The molecule has 1 amide bonds. The zero-order chi connectivity index (χ0) is 20.8. The minimum Gasteiger partial charge on any atom is -0.493 e. The Morgan fingerprint density at radius 1 is 1.14 bits per heavy atom. The highest BCUT2D eigenvalue weighted by Crippen LogP contribution is 2.30. The summed E-state index contributed by atoms with van der Waals surface area (Å²) in [5.74, 6) is 0.0733. The van der Waals surface area contributed by atoms with Crippen molar-refractivity contribution in [1.82, 2.24) is 4.90 Å². The Morgan fingerprint density at radius 3 is 2.50 bits per heavy atom. The SMILES string of the molecule is COc1cc(CN(C)C(C)C(=O)Nc2cc(C)ccc2C)ccc1OC(F)F. The van der Waals surface area contributed by atoms with Crippen LogP contribution >= 0.6 is 0 Å². The van der Waals surface area contributed by atoms with E-state index in [9.17, 15) is 13.6 Å². The van der Waals surface area contributed by atoms with Crippen LogP contribution in [0.25, 0.3) is 0 Å². The van der Waals surface area contributed by atoms with Crippen molar-refractivity contribution in [2.75, 3.05) is 19.5 Å². The molecule has 0 radical (unpaired) electrons. The summed E-state index contributed by atoms with van der Waals surface area (Å²) in [5.41, 5.74) is 3.67. The molecule has 152 valence electrons. The number of aryl methyl sites for hydroxylation is 2. The maximum atomic E-state index is 12.6. The van der Waals surface area contributed by atoms with E-state index >= 15 is 0 Å². The molecule has 1 N–H and O–H groups in total. The zero-order valence-electron chi connectivity index (χ0n) is 16.8. The van der Waals surface area contributed by atoms with Gasteiger partial charge >= 0.3 is 6.61 Å². The average Bonchev–Trinajstić information content (AvgIpc) is 2.64. The number of anilines is 1. The number of methoxy groups -OCH3 is 1. The van der Waals surface area contributed by atoms with Crippen LogP contribution in [0.2, 0.25) is 0 Å². The minimum absolute atomic E-state index is 0.0235. The lowest BCUT2D eigenvalue weighted by Gasteiger charge is -2.24. The number of rotatable bonds is 8. The number of halogens is 2. The molecule has 0 aliphatic rings. The molecule has 1 atom stereocenters. The van der Waals surface area contributed by atoms with Crippen molar-refractivity contribution in [2.45, 2.75) is 40.0 Å². The van der Waals surface area contributed by atoms with Crippen LogP contribution in [-0.4, -0.2) is 37.6 Å². The lowest BCUT2D eigenvalue weighted by molar-refractivity contribution is -0.120. The molecular weight excluding hydrogens is 366 g/mol. The number of amides is 1. The first kappa shape index (κ1) is 21.6. The minimum atomic E-state index is -2.92. The van der Waals surface area contributed by atoms with Crippen LogP contribution in [0.5, 0.6) is 11.5 Å². The third-order valence-corrected chi connectivity index (χ3v) is 4.57. The number of ether oxygens (including phenoxy) is 2. The van der Waals surface area contributed by atoms with E-state index in [1.807, 2.05) is 50.9 Å². The van der Waals surface area contributed by atoms with Crippen molar-refractivity contribution >= 4 is 11.6 Å². The quantitative estimate of drug-likeness (QED) is 0.725. The third-order valence-electron chi connectivity index (χ3n) is 4.57. The Kier molecular flexibility index (Phi) is 7.34.